The molecule has 0 bridgehead atoms. The lowest BCUT2D eigenvalue weighted by molar-refractivity contribution is -0.121. The first kappa shape index (κ1) is 16.9. The van der Waals surface area contributed by atoms with Crippen LogP contribution in [0.3, 0.4) is 0 Å². The molecule has 0 fully saturated rings. The Bertz CT molecular complexity index is 734. The third-order valence-electron chi connectivity index (χ3n) is 3.91. The predicted octanol–water partition coefficient (Wildman–Crippen LogP) is 1.95. The van der Waals surface area contributed by atoms with Crippen molar-refractivity contribution in [1.82, 2.24) is 15.5 Å². The van der Waals surface area contributed by atoms with E-state index in [1.165, 1.54) is 0 Å². The summed E-state index contributed by atoms with van der Waals surface area (Å²) in [5.74, 6) is 1.82. The van der Waals surface area contributed by atoms with Crippen molar-refractivity contribution in [3.63, 3.8) is 0 Å². The molecule has 0 radical (unpaired) electrons. The van der Waals surface area contributed by atoms with Gasteiger partial charge in [-0.3, -0.25) is 4.79 Å². The van der Waals surface area contributed by atoms with Crippen molar-refractivity contribution < 1.29 is 14.1 Å². The monoisotopic (exact) mass is 394 g/mol. The lowest BCUT2D eigenvalue weighted by Crippen LogP contribution is -2.40. The summed E-state index contributed by atoms with van der Waals surface area (Å²) >= 11 is 3.41. The summed E-state index contributed by atoms with van der Waals surface area (Å²) in [5.41, 5.74) is 0.762. The fourth-order valence-corrected chi connectivity index (χ4v) is 2.82. The van der Waals surface area contributed by atoms with Crippen molar-refractivity contribution in [1.29, 1.82) is 0 Å². The van der Waals surface area contributed by atoms with Crippen LogP contribution in [-0.2, 0) is 17.6 Å². The van der Waals surface area contributed by atoms with Gasteiger partial charge in [-0.05, 0) is 32.2 Å². The maximum Gasteiger partial charge on any atom is 0.265 e. The quantitative estimate of drug-likeness (QED) is 0.806. The summed E-state index contributed by atoms with van der Waals surface area (Å²) in [4.78, 5) is 18.3. The molecule has 1 aromatic carbocycles. The molecule has 2 heterocycles. The Morgan fingerprint density at radius 2 is 2.29 bits per heavy atom. The van der Waals surface area contributed by atoms with Crippen LogP contribution in [0, 0.1) is 0 Å². The van der Waals surface area contributed by atoms with E-state index in [-0.39, 0.29) is 18.6 Å². The molecule has 0 saturated heterocycles. The second-order valence-electron chi connectivity index (χ2n) is 5.69. The second-order valence-corrected chi connectivity index (χ2v) is 6.61. The van der Waals surface area contributed by atoms with Gasteiger partial charge in [0.15, 0.2) is 12.4 Å². The first-order chi connectivity index (χ1) is 11.6. The molecule has 24 heavy (non-hydrogen) atoms. The molecule has 1 aromatic heterocycles. The highest BCUT2D eigenvalue weighted by atomic mass is 79.9. The molecule has 1 amide bonds. The molecule has 3 rings (SSSR count). The summed E-state index contributed by atoms with van der Waals surface area (Å²) in [6.07, 6.45) is 1.20. The van der Waals surface area contributed by atoms with Gasteiger partial charge < -0.3 is 19.5 Å². The minimum atomic E-state index is -0.0756. The SMILES string of the molecule is CNC(C)Cc1noc(CCN2C(=O)COc3cc(Br)ccc32)n1. The van der Waals surface area contributed by atoms with E-state index in [0.29, 0.717) is 36.9 Å². The molecule has 1 unspecified atom stereocenters. The van der Waals surface area contributed by atoms with Crippen LogP contribution in [0.25, 0.3) is 0 Å². The van der Waals surface area contributed by atoms with Crippen molar-refractivity contribution in [2.24, 2.45) is 0 Å². The maximum atomic E-state index is 12.2. The Hall–Kier alpha value is -1.93. The highest BCUT2D eigenvalue weighted by Crippen LogP contribution is 2.34. The number of fused-ring (bicyclic) bond motifs is 1. The highest BCUT2D eigenvalue weighted by Gasteiger charge is 2.26. The molecule has 8 heteroatoms. The Kier molecular flexibility index (Phi) is 5.15. The third kappa shape index (κ3) is 3.76. The summed E-state index contributed by atoms with van der Waals surface area (Å²) < 4.78 is 11.7. The Morgan fingerprint density at radius 1 is 1.46 bits per heavy atom. The van der Waals surface area contributed by atoms with Gasteiger partial charge in [-0.1, -0.05) is 21.1 Å². The number of nitrogens with one attached hydrogen (secondary N) is 1. The number of likely N-dealkylation sites (N-methyl/N-ethyl adjacent to an activating group) is 1. The van der Waals surface area contributed by atoms with Crippen molar-refractivity contribution in [2.75, 3.05) is 25.1 Å². The molecule has 0 spiro atoms. The van der Waals surface area contributed by atoms with E-state index in [0.717, 1.165) is 10.2 Å². The van der Waals surface area contributed by atoms with Crippen molar-refractivity contribution in [3.8, 4) is 5.75 Å². The fourth-order valence-electron chi connectivity index (χ4n) is 2.48. The van der Waals surface area contributed by atoms with Crippen LogP contribution in [0.15, 0.2) is 27.2 Å². The maximum absolute atomic E-state index is 12.2. The first-order valence-corrected chi connectivity index (χ1v) is 8.57. The number of anilines is 1. The van der Waals surface area contributed by atoms with Crippen LogP contribution >= 0.6 is 15.9 Å². The highest BCUT2D eigenvalue weighted by molar-refractivity contribution is 9.10. The lowest BCUT2D eigenvalue weighted by atomic mass is 10.2. The number of benzene rings is 1. The number of hydrogen-bond acceptors (Lipinski definition) is 6. The van der Waals surface area contributed by atoms with Crippen LogP contribution < -0.4 is 15.0 Å². The van der Waals surface area contributed by atoms with E-state index < -0.39 is 0 Å². The fraction of sp³-hybridized carbons (Fsp3) is 0.438. The number of rotatable bonds is 6. The average Bonchev–Trinajstić information content (AvgIpc) is 3.01. The zero-order valence-electron chi connectivity index (χ0n) is 13.6. The predicted molar refractivity (Wildman–Crippen MR) is 92.2 cm³/mol. The van der Waals surface area contributed by atoms with Crippen LogP contribution in [0.1, 0.15) is 18.6 Å². The first-order valence-electron chi connectivity index (χ1n) is 7.78. The minimum Gasteiger partial charge on any atom is -0.482 e. The Labute approximate surface area is 148 Å². The summed E-state index contributed by atoms with van der Waals surface area (Å²) in [5, 5.41) is 7.12. The smallest absolute Gasteiger partial charge is 0.265 e. The zero-order chi connectivity index (χ0) is 17.1. The van der Waals surface area contributed by atoms with E-state index in [9.17, 15) is 4.79 Å². The molecule has 1 aliphatic rings. The van der Waals surface area contributed by atoms with Crippen molar-refractivity contribution in [2.45, 2.75) is 25.8 Å². The molecular weight excluding hydrogens is 376 g/mol. The van der Waals surface area contributed by atoms with Crippen LogP contribution in [0.5, 0.6) is 5.75 Å². The average molecular weight is 395 g/mol. The molecule has 1 N–H and O–H groups in total. The van der Waals surface area contributed by atoms with Gasteiger partial charge in [0.25, 0.3) is 5.91 Å². The van der Waals surface area contributed by atoms with Gasteiger partial charge in [0.1, 0.15) is 5.75 Å². The van der Waals surface area contributed by atoms with E-state index in [2.05, 4.69) is 38.3 Å². The molecule has 0 saturated carbocycles. The van der Waals surface area contributed by atoms with E-state index in [4.69, 9.17) is 9.26 Å². The van der Waals surface area contributed by atoms with Gasteiger partial charge in [-0.2, -0.15) is 4.98 Å². The normalized spacial score (nSPS) is 15.1. The second kappa shape index (κ2) is 7.31. The van der Waals surface area contributed by atoms with Gasteiger partial charge in [0.2, 0.25) is 5.89 Å². The molecular formula is C16H19BrN4O3. The molecule has 128 valence electrons. The molecule has 7 nitrogen and oxygen atoms in total. The van der Waals surface area contributed by atoms with Crippen molar-refractivity contribution in [3.05, 3.63) is 34.4 Å². The Morgan fingerprint density at radius 3 is 3.08 bits per heavy atom. The molecule has 1 atom stereocenters. The minimum absolute atomic E-state index is 0.0399. The number of carbonyl (C=O) groups excluding carboxylic acids is 1. The van der Waals surface area contributed by atoms with Gasteiger partial charge in [-0.25, -0.2) is 0 Å². The van der Waals surface area contributed by atoms with Crippen LogP contribution in [0.2, 0.25) is 0 Å². The van der Waals surface area contributed by atoms with Crippen molar-refractivity contribution >= 4 is 27.5 Å². The summed E-state index contributed by atoms with van der Waals surface area (Å²) in [6, 6.07) is 5.89. The number of nitrogens with zero attached hydrogens (tertiary/aromatic N) is 3. The van der Waals surface area contributed by atoms with Crippen LogP contribution in [0.4, 0.5) is 5.69 Å². The van der Waals surface area contributed by atoms with Gasteiger partial charge in [0.05, 0.1) is 5.69 Å². The summed E-state index contributed by atoms with van der Waals surface area (Å²) in [6.45, 7) is 2.57. The largest absolute Gasteiger partial charge is 0.482 e. The zero-order valence-corrected chi connectivity index (χ0v) is 15.2. The number of carbonyl (C=O) groups is 1. The molecule has 1 aliphatic heterocycles. The Balaban J connectivity index is 1.67. The van der Waals surface area contributed by atoms with Gasteiger partial charge in [0, 0.05) is 29.9 Å². The van der Waals surface area contributed by atoms with E-state index >= 15 is 0 Å². The lowest BCUT2D eigenvalue weighted by Gasteiger charge is -2.29. The number of aromatic nitrogens is 2. The summed E-state index contributed by atoms with van der Waals surface area (Å²) in [7, 11) is 1.89. The third-order valence-corrected chi connectivity index (χ3v) is 4.40. The number of halogens is 1. The number of ether oxygens (including phenoxy) is 1. The standard InChI is InChI=1S/C16H19BrN4O3/c1-10(18-2)7-14-19-15(24-20-14)5-6-21-12-4-3-11(17)8-13(12)23-9-16(21)22/h3-4,8,10,18H,5-7,9H2,1-2H3. The van der Waals surface area contributed by atoms with E-state index in [1.807, 2.05) is 25.2 Å². The van der Waals surface area contributed by atoms with Crippen LogP contribution in [-0.4, -0.2) is 42.3 Å². The van der Waals surface area contributed by atoms with Gasteiger partial charge >= 0.3 is 0 Å². The van der Waals surface area contributed by atoms with Gasteiger partial charge in [-0.15, -0.1) is 0 Å². The number of hydrogen-bond donors (Lipinski definition) is 1. The molecule has 2 aromatic rings. The molecule has 0 aliphatic carbocycles. The number of amides is 1. The topological polar surface area (TPSA) is 80.5 Å². The van der Waals surface area contributed by atoms with E-state index in [1.54, 1.807) is 4.90 Å².